The van der Waals surface area contributed by atoms with Gasteiger partial charge in [0.1, 0.15) is 0 Å². The zero-order valence-corrected chi connectivity index (χ0v) is 17.6. The largest absolute Gasteiger partial charge is 0.491 e. The number of rotatable bonds is 6. The normalized spacial score (nSPS) is 12.3. The predicted octanol–water partition coefficient (Wildman–Crippen LogP) is 3.44. The summed E-state index contributed by atoms with van der Waals surface area (Å²) in [5.41, 5.74) is 1.85. The Labute approximate surface area is 175 Å². The molecule has 0 atom stereocenters. The third-order valence-electron chi connectivity index (χ3n) is 3.88. The molecule has 0 spiro atoms. The molecule has 0 bridgehead atoms. The van der Waals surface area contributed by atoms with E-state index in [1.807, 2.05) is 31.2 Å². The third kappa shape index (κ3) is 5.62. The van der Waals surface area contributed by atoms with Crippen molar-refractivity contribution in [2.24, 2.45) is 4.99 Å². The van der Waals surface area contributed by atoms with Crippen molar-refractivity contribution < 1.29 is 18.6 Å². The van der Waals surface area contributed by atoms with Crippen LogP contribution in [-0.2, 0) is 13.1 Å². The highest BCUT2D eigenvalue weighted by molar-refractivity contribution is 14.0. The van der Waals surface area contributed by atoms with E-state index >= 15 is 0 Å². The number of hydrogen-bond acceptors (Lipinski definition) is 4. The van der Waals surface area contributed by atoms with Crippen LogP contribution in [0.1, 0.15) is 18.1 Å². The van der Waals surface area contributed by atoms with Crippen LogP contribution in [0.15, 0.2) is 41.4 Å². The van der Waals surface area contributed by atoms with Crippen molar-refractivity contribution in [3.63, 3.8) is 0 Å². The van der Waals surface area contributed by atoms with Crippen LogP contribution in [0.25, 0.3) is 0 Å². The fraction of sp³-hybridized carbons (Fsp3) is 0.316. The summed E-state index contributed by atoms with van der Waals surface area (Å²) in [6, 6.07) is 10.7. The van der Waals surface area contributed by atoms with Crippen LogP contribution in [0, 0.1) is 5.82 Å². The number of ether oxygens (including phenoxy) is 3. The molecule has 1 heterocycles. The van der Waals surface area contributed by atoms with Gasteiger partial charge in [-0.05, 0) is 42.3 Å². The monoisotopic (exact) mass is 487 g/mol. The number of nitrogens with zero attached hydrogens (tertiary/aromatic N) is 1. The van der Waals surface area contributed by atoms with E-state index in [9.17, 15) is 4.39 Å². The van der Waals surface area contributed by atoms with E-state index in [1.165, 1.54) is 6.07 Å². The predicted molar refractivity (Wildman–Crippen MR) is 113 cm³/mol. The van der Waals surface area contributed by atoms with Gasteiger partial charge >= 0.3 is 0 Å². The number of aliphatic imine (C=N–C) groups is 1. The van der Waals surface area contributed by atoms with Crippen molar-refractivity contribution in [2.75, 3.05) is 20.4 Å². The van der Waals surface area contributed by atoms with Crippen LogP contribution >= 0.6 is 24.0 Å². The molecular formula is C19H23FIN3O3. The maximum Gasteiger partial charge on any atom is 0.231 e. The second-order valence-electron chi connectivity index (χ2n) is 5.66. The lowest BCUT2D eigenvalue weighted by Gasteiger charge is -2.13. The Morgan fingerprint density at radius 2 is 1.74 bits per heavy atom. The van der Waals surface area contributed by atoms with Crippen molar-refractivity contribution in [3.8, 4) is 17.2 Å². The Hall–Kier alpha value is -2.23. The van der Waals surface area contributed by atoms with Gasteiger partial charge in [0.25, 0.3) is 0 Å². The molecule has 3 rings (SSSR count). The van der Waals surface area contributed by atoms with Crippen molar-refractivity contribution in [3.05, 3.63) is 53.3 Å². The first kappa shape index (κ1) is 21.1. The second-order valence-corrected chi connectivity index (χ2v) is 5.66. The molecule has 1 aliphatic rings. The van der Waals surface area contributed by atoms with Gasteiger partial charge < -0.3 is 24.8 Å². The van der Waals surface area contributed by atoms with Crippen LogP contribution in [0.3, 0.4) is 0 Å². The lowest BCUT2D eigenvalue weighted by Crippen LogP contribution is -2.36. The van der Waals surface area contributed by atoms with Gasteiger partial charge in [-0.2, -0.15) is 0 Å². The lowest BCUT2D eigenvalue weighted by atomic mass is 10.2. The molecule has 8 heteroatoms. The fourth-order valence-electron chi connectivity index (χ4n) is 2.57. The van der Waals surface area contributed by atoms with Crippen LogP contribution in [0.5, 0.6) is 17.2 Å². The zero-order valence-electron chi connectivity index (χ0n) is 15.3. The third-order valence-corrected chi connectivity index (χ3v) is 3.88. The van der Waals surface area contributed by atoms with Gasteiger partial charge in [0, 0.05) is 20.1 Å². The topological polar surface area (TPSA) is 64.1 Å². The molecule has 1 aliphatic heterocycles. The van der Waals surface area contributed by atoms with Crippen molar-refractivity contribution in [1.82, 2.24) is 10.6 Å². The van der Waals surface area contributed by atoms with Crippen LogP contribution in [0.4, 0.5) is 4.39 Å². The zero-order chi connectivity index (χ0) is 18.4. The van der Waals surface area contributed by atoms with Crippen LogP contribution in [-0.4, -0.2) is 26.4 Å². The number of hydrogen-bond donors (Lipinski definition) is 2. The first-order valence-corrected chi connectivity index (χ1v) is 8.44. The van der Waals surface area contributed by atoms with E-state index in [1.54, 1.807) is 13.1 Å². The summed E-state index contributed by atoms with van der Waals surface area (Å²) in [6.45, 7) is 3.54. The Kier molecular flexibility index (Phi) is 7.96. The number of halogens is 2. The molecule has 0 unspecified atom stereocenters. The fourth-order valence-corrected chi connectivity index (χ4v) is 2.57. The Morgan fingerprint density at radius 1 is 1.07 bits per heavy atom. The molecule has 2 aromatic rings. The minimum Gasteiger partial charge on any atom is -0.491 e. The second kappa shape index (κ2) is 10.2. The van der Waals surface area contributed by atoms with Crippen LogP contribution < -0.4 is 24.8 Å². The van der Waals surface area contributed by atoms with E-state index < -0.39 is 0 Å². The summed E-state index contributed by atoms with van der Waals surface area (Å²) in [4.78, 5) is 4.18. The molecule has 146 valence electrons. The number of fused-ring (bicyclic) bond motifs is 1. The summed E-state index contributed by atoms with van der Waals surface area (Å²) in [5.74, 6) is 2.03. The molecule has 0 saturated heterocycles. The molecule has 2 N–H and O–H groups in total. The van der Waals surface area contributed by atoms with E-state index in [2.05, 4.69) is 15.6 Å². The van der Waals surface area contributed by atoms with E-state index in [0.29, 0.717) is 25.7 Å². The van der Waals surface area contributed by atoms with Gasteiger partial charge in [-0.25, -0.2) is 4.39 Å². The molecule has 0 fully saturated rings. The first-order valence-electron chi connectivity index (χ1n) is 8.44. The van der Waals surface area contributed by atoms with Gasteiger partial charge in [-0.15, -0.1) is 24.0 Å². The first-order chi connectivity index (χ1) is 12.7. The highest BCUT2D eigenvalue weighted by Gasteiger charge is 2.13. The van der Waals surface area contributed by atoms with E-state index in [4.69, 9.17) is 14.2 Å². The summed E-state index contributed by atoms with van der Waals surface area (Å²) in [7, 11) is 1.69. The van der Waals surface area contributed by atoms with Gasteiger partial charge in [-0.1, -0.05) is 12.1 Å². The standard InChI is InChI=1S/C19H22FN3O3.HI/c1-3-24-16-6-4-13(8-15(16)20)10-22-19(21-2)23-11-14-5-7-17-18(9-14)26-12-25-17;/h4-9H,3,10-12H2,1-2H3,(H2,21,22,23);1H. The van der Waals surface area contributed by atoms with Gasteiger partial charge in [0.2, 0.25) is 6.79 Å². The Bertz CT molecular complexity index is 802. The molecule has 6 nitrogen and oxygen atoms in total. The molecule has 0 radical (unpaired) electrons. The molecular weight excluding hydrogens is 464 g/mol. The summed E-state index contributed by atoms with van der Waals surface area (Å²) in [5, 5.41) is 6.38. The maximum absolute atomic E-state index is 13.9. The maximum atomic E-state index is 13.9. The average Bonchev–Trinajstić information content (AvgIpc) is 3.12. The Morgan fingerprint density at radius 3 is 2.41 bits per heavy atom. The minimum absolute atomic E-state index is 0. The number of nitrogens with one attached hydrogen (secondary N) is 2. The van der Waals surface area contributed by atoms with Crippen LogP contribution in [0.2, 0.25) is 0 Å². The number of benzene rings is 2. The molecule has 0 aromatic heterocycles. The summed E-state index contributed by atoms with van der Waals surface area (Å²) < 4.78 is 29.8. The highest BCUT2D eigenvalue weighted by atomic mass is 127. The van der Waals surface area contributed by atoms with Gasteiger partial charge in [0.05, 0.1) is 6.61 Å². The molecule has 27 heavy (non-hydrogen) atoms. The van der Waals surface area contributed by atoms with Crippen molar-refractivity contribution in [1.29, 1.82) is 0 Å². The van der Waals surface area contributed by atoms with Gasteiger partial charge in [0.15, 0.2) is 29.0 Å². The highest BCUT2D eigenvalue weighted by Crippen LogP contribution is 2.32. The summed E-state index contributed by atoms with van der Waals surface area (Å²) in [6.07, 6.45) is 0. The van der Waals surface area contributed by atoms with E-state index in [0.717, 1.165) is 22.6 Å². The van der Waals surface area contributed by atoms with Gasteiger partial charge in [-0.3, -0.25) is 4.99 Å². The molecule has 0 saturated carbocycles. The van der Waals surface area contributed by atoms with Crippen molar-refractivity contribution >= 4 is 29.9 Å². The number of guanidine groups is 1. The Balaban J connectivity index is 0.00000261. The minimum atomic E-state index is -0.366. The lowest BCUT2D eigenvalue weighted by molar-refractivity contribution is 0.174. The summed E-state index contributed by atoms with van der Waals surface area (Å²) >= 11 is 0. The molecule has 0 aliphatic carbocycles. The van der Waals surface area contributed by atoms with E-state index in [-0.39, 0.29) is 42.3 Å². The van der Waals surface area contributed by atoms with Crippen molar-refractivity contribution in [2.45, 2.75) is 20.0 Å². The SMILES string of the molecule is CCOc1ccc(CNC(=NC)NCc2ccc3c(c2)OCO3)cc1F.I. The average molecular weight is 487 g/mol. The quantitative estimate of drug-likeness (QED) is 0.372. The molecule has 2 aromatic carbocycles. The molecule has 0 amide bonds. The smallest absolute Gasteiger partial charge is 0.231 e.